The van der Waals surface area contributed by atoms with E-state index >= 15 is 0 Å². The first-order chi connectivity index (χ1) is 8.95. The highest BCUT2D eigenvalue weighted by Crippen LogP contribution is 2.13. The van der Waals surface area contributed by atoms with Crippen LogP contribution >= 0.6 is 0 Å². The molecular weight excluding hydrogens is 264 g/mol. The molecule has 0 aliphatic rings. The van der Waals surface area contributed by atoms with E-state index in [1.165, 1.54) is 6.20 Å². The van der Waals surface area contributed by atoms with Crippen LogP contribution in [0, 0.1) is 0 Å². The number of nitrogens with one attached hydrogen (secondary N) is 1. The zero-order valence-electron chi connectivity index (χ0n) is 11.5. The molecule has 19 heavy (non-hydrogen) atoms. The van der Waals surface area contributed by atoms with E-state index in [9.17, 15) is 9.00 Å². The van der Waals surface area contributed by atoms with Gasteiger partial charge in [-0.3, -0.25) is 9.00 Å². The van der Waals surface area contributed by atoms with Crippen LogP contribution in [0.25, 0.3) is 0 Å². The number of amides is 1. The first-order valence-corrected chi connectivity index (χ1v) is 7.70. The van der Waals surface area contributed by atoms with Crippen molar-refractivity contribution in [2.24, 2.45) is 0 Å². The van der Waals surface area contributed by atoms with Gasteiger partial charge in [0.2, 0.25) is 0 Å². The van der Waals surface area contributed by atoms with Crippen molar-refractivity contribution in [1.82, 2.24) is 15.3 Å². The maximum atomic E-state index is 11.9. The number of rotatable bonds is 6. The fraction of sp³-hybridized carbons (Fsp3) is 0.583. The summed E-state index contributed by atoms with van der Waals surface area (Å²) < 4.78 is 11.2. The van der Waals surface area contributed by atoms with Crippen molar-refractivity contribution in [3.05, 3.63) is 17.7 Å². The van der Waals surface area contributed by atoms with Gasteiger partial charge in [0.15, 0.2) is 5.69 Å². The Morgan fingerprint density at radius 2 is 2.21 bits per heavy atom. The standard InChI is InChI=1S/C12H20N4O2S/c1-4-19(18)6-5-14-12(17)10-9(13)7-15-11(16-10)8(2)3/h7-8H,4-6,13H2,1-3H3,(H,14,17). The number of hydrogen-bond acceptors (Lipinski definition) is 5. The van der Waals surface area contributed by atoms with E-state index in [1.54, 1.807) is 0 Å². The molecule has 6 nitrogen and oxygen atoms in total. The van der Waals surface area contributed by atoms with E-state index in [0.717, 1.165) is 0 Å². The zero-order valence-corrected chi connectivity index (χ0v) is 12.3. The Balaban J connectivity index is 2.71. The van der Waals surface area contributed by atoms with Gasteiger partial charge in [0.05, 0.1) is 11.9 Å². The largest absolute Gasteiger partial charge is 0.396 e. The first-order valence-electron chi connectivity index (χ1n) is 6.21. The molecule has 0 bridgehead atoms. The molecule has 0 aromatic carbocycles. The molecule has 3 N–H and O–H groups in total. The summed E-state index contributed by atoms with van der Waals surface area (Å²) in [4.78, 5) is 20.2. The van der Waals surface area contributed by atoms with E-state index < -0.39 is 10.8 Å². The van der Waals surface area contributed by atoms with E-state index in [0.29, 0.717) is 23.9 Å². The minimum atomic E-state index is -0.896. The highest BCUT2D eigenvalue weighted by molar-refractivity contribution is 7.84. The fourth-order valence-electron chi connectivity index (χ4n) is 1.37. The van der Waals surface area contributed by atoms with E-state index in [2.05, 4.69) is 15.3 Å². The average Bonchev–Trinajstić information content (AvgIpc) is 2.38. The van der Waals surface area contributed by atoms with Crippen molar-refractivity contribution in [2.75, 3.05) is 23.8 Å². The minimum absolute atomic E-state index is 0.125. The van der Waals surface area contributed by atoms with Gasteiger partial charge in [-0.1, -0.05) is 20.8 Å². The Hall–Kier alpha value is -1.50. The van der Waals surface area contributed by atoms with Gasteiger partial charge in [-0.15, -0.1) is 0 Å². The second kappa shape index (κ2) is 7.18. The Bertz CT molecular complexity index is 477. The Labute approximate surface area is 115 Å². The second-order valence-corrected chi connectivity index (χ2v) is 6.24. The highest BCUT2D eigenvalue weighted by Gasteiger charge is 2.14. The number of nitrogens with zero attached hydrogens (tertiary/aromatic N) is 2. The van der Waals surface area contributed by atoms with Crippen LogP contribution < -0.4 is 11.1 Å². The molecule has 106 valence electrons. The minimum Gasteiger partial charge on any atom is -0.396 e. The highest BCUT2D eigenvalue weighted by atomic mass is 32.2. The topological polar surface area (TPSA) is 98.0 Å². The molecule has 1 aromatic heterocycles. The molecular formula is C12H20N4O2S. The van der Waals surface area contributed by atoms with Gasteiger partial charge < -0.3 is 11.1 Å². The number of anilines is 1. The summed E-state index contributed by atoms with van der Waals surface area (Å²) in [6.45, 7) is 6.07. The van der Waals surface area contributed by atoms with E-state index in [4.69, 9.17) is 5.73 Å². The second-order valence-electron chi connectivity index (χ2n) is 4.38. The average molecular weight is 284 g/mol. The molecule has 0 aliphatic heterocycles. The smallest absolute Gasteiger partial charge is 0.272 e. The lowest BCUT2D eigenvalue weighted by Crippen LogP contribution is -2.30. The predicted octanol–water partition coefficient (Wildman–Crippen LogP) is 0.681. The van der Waals surface area contributed by atoms with Crippen LogP contribution in [0.3, 0.4) is 0 Å². The molecule has 7 heteroatoms. The van der Waals surface area contributed by atoms with Crippen LogP contribution in [0.15, 0.2) is 6.20 Å². The predicted molar refractivity (Wildman–Crippen MR) is 76.4 cm³/mol. The van der Waals surface area contributed by atoms with Gasteiger partial charge in [-0.25, -0.2) is 9.97 Å². The number of carbonyl (C=O) groups is 1. The van der Waals surface area contributed by atoms with Crippen LogP contribution in [0.2, 0.25) is 0 Å². The molecule has 0 aliphatic carbocycles. The Morgan fingerprint density at radius 3 is 2.79 bits per heavy atom. The normalized spacial score (nSPS) is 12.4. The van der Waals surface area contributed by atoms with E-state index in [1.807, 2.05) is 20.8 Å². The van der Waals surface area contributed by atoms with Crippen molar-refractivity contribution in [3.8, 4) is 0 Å². The summed E-state index contributed by atoms with van der Waals surface area (Å²) in [5, 5.41) is 2.67. The van der Waals surface area contributed by atoms with Crippen LogP contribution in [-0.4, -0.2) is 38.1 Å². The van der Waals surface area contributed by atoms with Crippen LogP contribution in [0.1, 0.15) is 43.0 Å². The summed E-state index contributed by atoms with van der Waals surface area (Å²) in [6.07, 6.45) is 1.45. The third kappa shape index (κ3) is 4.59. The van der Waals surface area contributed by atoms with Crippen molar-refractivity contribution in [1.29, 1.82) is 0 Å². The maximum Gasteiger partial charge on any atom is 0.272 e. The lowest BCUT2D eigenvalue weighted by atomic mass is 10.2. The Morgan fingerprint density at radius 1 is 1.53 bits per heavy atom. The van der Waals surface area contributed by atoms with Crippen LogP contribution in [0.5, 0.6) is 0 Å². The monoisotopic (exact) mass is 284 g/mol. The van der Waals surface area contributed by atoms with Gasteiger partial charge >= 0.3 is 0 Å². The molecule has 1 atom stereocenters. The third-order valence-corrected chi connectivity index (χ3v) is 3.81. The molecule has 0 saturated carbocycles. The quantitative estimate of drug-likeness (QED) is 0.800. The summed E-state index contributed by atoms with van der Waals surface area (Å²) in [6, 6.07) is 0. The zero-order chi connectivity index (χ0) is 14.4. The summed E-state index contributed by atoms with van der Waals surface area (Å²) in [7, 11) is -0.896. The van der Waals surface area contributed by atoms with Crippen molar-refractivity contribution in [3.63, 3.8) is 0 Å². The van der Waals surface area contributed by atoms with Gasteiger partial charge in [0.25, 0.3) is 5.91 Å². The van der Waals surface area contributed by atoms with Crippen LogP contribution in [-0.2, 0) is 10.8 Å². The third-order valence-electron chi connectivity index (χ3n) is 2.50. The number of nitrogen functional groups attached to an aromatic ring is 1. The molecule has 1 aromatic rings. The van der Waals surface area contributed by atoms with Crippen molar-refractivity contribution in [2.45, 2.75) is 26.7 Å². The van der Waals surface area contributed by atoms with Crippen molar-refractivity contribution < 1.29 is 9.00 Å². The van der Waals surface area contributed by atoms with Crippen molar-refractivity contribution >= 4 is 22.4 Å². The van der Waals surface area contributed by atoms with E-state index in [-0.39, 0.29) is 23.2 Å². The van der Waals surface area contributed by atoms with Crippen LogP contribution in [0.4, 0.5) is 5.69 Å². The molecule has 1 heterocycles. The molecule has 0 fully saturated rings. The van der Waals surface area contributed by atoms with Gasteiger partial charge in [0.1, 0.15) is 5.82 Å². The number of carbonyl (C=O) groups excluding carboxylic acids is 1. The number of hydrogen-bond donors (Lipinski definition) is 2. The lowest BCUT2D eigenvalue weighted by molar-refractivity contribution is 0.0951. The molecule has 0 saturated heterocycles. The fourth-order valence-corrected chi connectivity index (χ4v) is 1.99. The molecule has 0 radical (unpaired) electrons. The molecule has 0 spiro atoms. The first kappa shape index (κ1) is 15.6. The summed E-state index contributed by atoms with van der Waals surface area (Å²) >= 11 is 0. The SMILES string of the molecule is CCS(=O)CCNC(=O)c1nc(C(C)C)ncc1N. The molecule has 1 amide bonds. The summed E-state index contributed by atoms with van der Waals surface area (Å²) in [5.74, 6) is 1.37. The van der Waals surface area contributed by atoms with Gasteiger partial charge in [0, 0.05) is 34.8 Å². The van der Waals surface area contributed by atoms with Gasteiger partial charge in [-0.05, 0) is 0 Å². The molecule has 1 rings (SSSR count). The number of aromatic nitrogens is 2. The Kier molecular flexibility index (Phi) is 5.88. The number of nitrogens with two attached hydrogens (primary N) is 1. The van der Waals surface area contributed by atoms with Gasteiger partial charge in [-0.2, -0.15) is 0 Å². The lowest BCUT2D eigenvalue weighted by Gasteiger charge is -2.09. The summed E-state index contributed by atoms with van der Waals surface area (Å²) in [5.41, 5.74) is 6.13. The maximum absolute atomic E-state index is 11.9. The molecule has 1 unspecified atom stereocenters.